The molecule has 17 heavy (non-hydrogen) atoms. The normalized spacial score (nSPS) is 9.94. The van der Waals surface area contributed by atoms with Gasteiger partial charge >= 0.3 is 0 Å². The molecule has 0 aliphatic rings. The number of nitro groups is 1. The first kappa shape index (κ1) is 13.6. The summed E-state index contributed by atoms with van der Waals surface area (Å²) in [5.74, 6) is 0. The lowest BCUT2D eigenvalue weighted by molar-refractivity contribution is -0.384. The zero-order valence-electron chi connectivity index (χ0n) is 9.21. The number of halogens is 1. The van der Waals surface area contributed by atoms with Gasteiger partial charge in [-0.25, -0.2) is 0 Å². The van der Waals surface area contributed by atoms with Crippen molar-refractivity contribution in [2.45, 2.75) is 12.8 Å². The number of nitrogens with zero attached hydrogens (tertiary/aromatic N) is 2. The van der Waals surface area contributed by atoms with Gasteiger partial charge in [0.05, 0.1) is 4.92 Å². The minimum Gasteiger partial charge on any atom is -0.315 e. The van der Waals surface area contributed by atoms with Gasteiger partial charge in [0, 0.05) is 29.7 Å². The highest BCUT2D eigenvalue weighted by atomic mass is 79.9. The smallest absolute Gasteiger partial charge is 0.269 e. The van der Waals surface area contributed by atoms with Gasteiger partial charge in [-0.15, -0.1) is 0 Å². The maximum atomic E-state index is 10.9. The maximum Gasteiger partial charge on any atom is 0.269 e. The third-order valence-corrected chi connectivity index (χ3v) is 2.86. The van der Waals surface area contributed by atoms with Gasteiger partial charge < -0.3 is 4.90 Å². The van der Waals surface area contributed by atoms with E-state index in [1.165, 1.54) is 12.1 Å². The fraction of sp³-hybridized carbons (Fsp3) is 0.364. The molecule has 1 amide bonds. The molecule has 0 aromatic heterocycles. The van der Waals surface area contributed by atoms with Crippen molar-refractivity contribution in [1.82, 2.24) is 0 Å². The Labute approximate surface area is 108 Å². The average Bonchev–Trinajstić information content (AvgIpc) is 2.35. The molecule has 6 heteroatoms. The number of hydrogen-bond donors (Lipinski definition) is 0. The van der Waals surface area contributed by atoms with Crippen molar-refractivity contribution in [2.75, 3.05) is 16.8 Å². The quantitative estimate of drug-likeness (QED) is 0.256. The monoisotopic (exact) mass is 300 g/mol. The molecular weight excluding hydrogens is 288 g/mol. The molecule has 0 atom stereocenters. The number of hydrogen-bond acceptors (Lipinski definition) is 3. The Morgan fingerprint density at radius 2 is 1.94 bits per heavy atom. The highest BCUT2D eigenvalue weighted by molar-refractivity contribution is 9.09. The third-order valence-electron chi connectivity index (χ3n) is 2.30. The van der Waals surface area contributed by atoms with E-state index >= 15 is 0 Å². The van der Waals surface area contributed by atoms with E-state index in [1.807, 2.05) is 0 Å². The molecule has 0 heterocycles. The van der Waals surface area contributed by atoms with Crippen LogP contribution in [0.5, 0.6) is 0 Å². The second kappa shape index (κ2) is 7.01. The number of non-ortho nitro benzene ring substituents is 1. The summed E-state index contributed by atoms with van der Waals surface area (Å²) in [7, 11) is 0. The summed E-state index contributed by atoms with van der Waals surface area (Å²) in [4.78, 5) is 22.5. The summed E-state index contributed by atoms with van der Waals surface area (Å²) in [6.45, 7) is 0.618. The van der Waals surface area contributed by atoms with E-state index in [1.54, 1.807) is 17.0 Å². The van der Waals surface area contributed by atoms with Gasteiger partial charge in [-0.05, 0) is 25.0 Å². The molecule has 0 aliphatic carbocycles. The largest absolute Gasteiger partial charge is 0.315 e. The Bertz CT molecular complexity index is 381. The van der Waals surface area contributed by atoms with Gasteiger partial charge in [-0.3, -0.25) is 14.9 Å². The Hall–Kier alpha value is -1.43. The molecule has 0 radical (unpaired) electrons. The highest BCUT2D eigenvalue weighted by Crippen LogP contribution is 2.18. The molecule has 0 saturated heterocycles. The number of amides is 1. The topological polar surface area (TPSA) is 63.5 Å². The molecule has 0 fully saturated rings. The Morgan fingerprint density at radius 1 is 1.29 bits per heavy atom. The second-order valence-electron chi connectivity index (χ2n) is 3.47. The molecule has 92 valence electrons. The van der Waals surface area contributed by atoms with Gasteiger partial charge in [0.15, 0.2) is 0 Å². The lowest BCUT2D eigenvalue weighted by Gasteiger charge is -2.16. The standard InChI is InChI=1S/C11H13BrN2O3/c12-7-1-2-8-13(9-15)10-3-5-11(6-4-10)14(16)17/h3-6,9H,1-2,7-8H2. The summed E-state index contributed by atoms with van der Waals surface area (Å²) in [5, 5.41) is 11.4. The van der Waals surface area contributed by atoms with E-state index in [2.05, 4.69) is 15.9 Å². The summed E-state index contributed by atoms with van der Waals surface area (Å²) in [5.41, 5.74) is 0.709. The number of carbonyl (C=O) groups excluding carboxylic acids is 1. The Kier molecular flexibility index (Phi) is 5.62. The minimum atomic E-state index is -0.458. The summed E-state index contributed by atoms with van der Waals surface area (Å²) < 4.78 is 0. The van der Waals surface area contributed by atoms with Crippen molar-refractivity contribution in [2.24, 2.45) is 0 Å². The predicted octanol–water partition coefficient (Wildman–Crippen LogP) is 2.73. The van der Waals surface area contributed by atoms with Crippen LogP contribution in [-0.4, -0.2) is 23.2 Å². The number of anilines is 1. The lowest BCUT2D eigenvalue weighted by atomic mass is 10.2. The van der Waals surface area contributed by atoms with E-state index < -0.39 is 4.92 Å². The van der Waals surface area contributed by atoms with Gasteiger partial charge in [-0.2, -0.15) is 0 Å². The number of unbranched alkanes of at least 4 members (excludes halogenated alkanes) is 1. The number of rotatable bonds is 7. The van der Waals surface area contributed by atoms with Crippen LogP contribution in [0.2, 0.25) is 0 Å². The van der Waals surface area contributed by atoms with Crippen LogP contribution in [0.1, 0.15) is 12.8 Å². The first-order chi connectivity index (χ1) is 8.19. The number of nitro benzene ring substituents is 1. The zero-order valence-corrected chi connectivity index (χ0v) is 10.8. The molecule has 0 aliphatic heterocycles. The van der Waals surface area contributed by atoms with Crippen molar-refractivity contribution >= 4 is 33.7 Å². The van der Waals surface area contributed by atoms with Crippen molar-refractivity contribution in [3.8, 4) is 0 Å². The van der Waals surface area contributed by atoms with Crippen LogP contribution >= 0.6 is 15.9 Å². The number of alkyl halides is 1. The molecule has 5 nitrogen and oxygen atoms in total. The molecular formula is C11H13BrN2O3. The molecule has 0 spiro atoms. The minimum absolute atomic E-state index is 0.0278. The summed E-state index contributed by atoms with van der Waals surface area (Å²) in [6.07, 6.45) is 2.62. The van der Waals surface area contributed by atoms with Crippen molar-refractivity contribution in [3.05, 3.63) is 34.4 Å². The highest BCUT2D eigenvalue weighted by Gasteiger charge is 2.08. The summed E-state index contributed by atoms with van der Waals surface area (Å²) >= 11 is 3.32. The molecule has 1 aromatic rings. The number of carbonyl (C=O) groups is 1. The summed E-state index contributed by atoms with van der Waals surface area (Å²) in [6, 6.07) is 5.97. The fourth-order valence-corrected chi connectivity index (χ4v) is 1.78. The fourth-order valence-electron chi connectivity index (χ4n) is 1.39. The predicted molar refractivity (Wildman–Crippen MR) is 69.5 cm³/mol. The van der Waals surface area contributed by atoms with Crippen LogP contribution in [0.4, 0.5) is 11.4 Å². The van der Waals surface area contributed by atoms with Crippen molar-refractivity contribution < 1.29 is 9.72 Å². The van der Waals surface area contributed by atoms with E-state index in [9.17, 15) is 14.9 Å². The maximum absolute atomic E-state index is 10.9. The Balaban J connectivity index is 2.68. The van der Waals surface area contributed by atoms with Crippen molar-refractivity contribution in [1.29, 1.82) is 0 Å². The van der Waals surface area contributed by atoms with E-state index in [0.717, 1.165) is 24.6 Å². The zero-order chi connectivity index (χ0) is 12.7. The molecule has 0 N–H and O–H groups in total. The van der Waals surface area contributed by atoms with Crippen LogP contribution in [0.3, 0.4) is 0 Å². The van der Waals surface area contributed by atoms with Gasteiger partial charge in [0.1, 0.15) is 0 Å². The van der Waals surface area contributed by atoms with E-state index in [-0.39, 0.29) is 5.69 Å². The van der Waals surface area contributed by atoms with Crippen LogP contribution in [0.25, 0.3) is 0 Å². The van der Waals surface area contributed by atoms with Crippen LogP contribution in [0.15, 0.2) is 24.3 Å². The molecule has 0 bridgehead atoms. The first-order valence-electron chi connectivity index (χ1n) is 5.21. The van der Waals surface area contributed by atoms with Gasteiger partial charge in [-0.1, -0.05) is 15.9 Å². The Morgan fingerprint density at radius 3 is 2.41 bits per heavy atom. The molecule has 1 aromatic carbocycles. The molecule has 0 unspecified atom stereocenters. The third kappa shape index (κ3) is 4.14. The molecule has 1 rings (SSSR count). The van der Waals surface area contributed by atoms with Crippen LogP contribution < -0.4 is 4.90 Å². The van der Waals surface area contributed by atoms with Crippen LogP contribution in [-0.2, 0) is 4.79 Å². The van der Waals surface area contributed by atoms with Crippen molar-refractivity contribution in [3.63, 3.8) is 0 Å². The van der Waals surface area contributed by atoms with Gasteiger partial charge in [0.2, 0.25) is 6.41 Å². The van der Waals surface area contributed by atoms with E-state index in [0.29, 0.717) is 12.2 Å². The first-order valence-corrected chi connectivity index (χ1v) is 6.33. The van der Waals surface area contributed by atoms with E-state index in [4.69, 9.17) is 0 Å². The SMILES string of the molecule is O=CN(CCCCBr)c1ccc([N+](=O)[O-])cc1. The lowest BCUT2D eigenvalue weighted by Crippen LogP contribution is -2.22. The average molecular weight is 301 g/mol. The second-order valence-corrected chi connectivity index (χ2v) is 4.26. The molecule has 0 saturated carbocycles. The van der Waals surface area contributed by atoms with Crippen LogP contribution in [0, 0.1) is 10.1 Å². The van der Waals surface area contributed by atoms with Gasteiger partial charge in [0.25, 0.3) is 5.69 Å². The number of benzene rings is 1.